The molecule has 1 nitrogen and oxygen atoms in total. The molecule has 0 saturated heterocycles. The molecule has 2 rings (SSSR count). The summed E-state index contributed by atoms with van der Waals surface area (Å²) in [6.07, 6.45) is 0.665. The van der Waals surface area contributed by atoms with Crippen LogP contribution in [-0.4, -0.2) is 6.54 Å². The molecule has 18 heavy (non-hydrogen) atoms. The average molecular weight is 265 g/mol. The molecule has 94 valence electrons. The van der Waals surface area contributed by atoms with Crippen LogP contribution in [-0.2, 0) is 6.42 Å². The van der Waals surface area contributed by atoms with E-state index in [0.717, 1.165) is 10.5 Å². The zero-order valence-electron chi connectivity index (χ0n) is 9.70. The number of halogens is 2. The maximum absolute atomic E-state index is 13.8. The van der Waals surface area contributed by atoms with Crippen molar-refractivity contribution in [2.45, 2.75) is 16.2 Å². The van der Waals surface area contributed by atoms with E-state index in [1.165, 1.54) is 30.0 Å². The van der Waals surface area contributed by atoms with E-state index in [1.807, 2.05) is 6.07 Å². The molecule has 0 atom stereocenters. The molecule has 0 aliphatic heterocycles. The molecule has 0 aliphatic carbocycles. The maximum atomic E-state index is 13.8. The lowest BCUT2D eigenvalue weighted by Crippen LogP contribution is -2.02. The highest BCUT2D eigenvalue weighted by molar-refractivity contribution is 7.99. The average Bonchev–Trinajstić information content (AvgIpc) is 2.36. The zero-order valence-corrected chi connectivity index (χ0v) is 10.5. The fourth-order valence-corrected chi connectivity index (χ4v) is 2.40. The minimum absolute atomic E-state index is 0.268. The Morgan fingerprint density at radius 1 is 1.00 bits per heavy atom. The summed E-state index contributed by atoms with van der Waals surface area (Å²) in [5, 5.41) is 0. The van der Waals surface area contributed by atoms with Gasteiger partial charge in [0.1, 0.15) is 11.6 Å². The van der Waals surface area contributed by atoms with Crippen molar-refractivity contribution in [3.05, 3.63) is 59.7 Å². The Bertz CT molecular complexity index is 526. The number of hydrogen-bond acceptors (Lipinski definition) is 2. The van der Waals surface area contributed by atoms with E-state index in [0.29, 0.717) is 17.9 Å². The molecule has 0 heterocycles. The Balaban J connectivity index is 2.16. The Kier molecular flexibility index (Phi) is 4.33. The lowest BCUT2D eigenvalue weighted by Gasteiger charge is -2.05. The molecule has 2 N–H and O–H groups in total. The fourth-order valence-electron chi connectivity index (χ4n) is 1.58. The quantitative estimate of drug-likeness (QED) is 0.913. The van der Waals surface area contributed by atoms with Crippen LogP contribution in [0.1, 0.15) is 5.56 Å². The predicted molar refractivity (Wildman–Crippen MR) is 69.7 cm³/mol. The first kappa shape index (κ1) is 13.1. The van der Waals surface area contributed by atoms with Crippen LogP contribution < -0.4 is 5.73 Å². The van der Waals surface area contributed by atoms with Crippen LogP contribution in [0.2, 0.25) is 0 Å². The SMILES string of the molecule is NCCc1ccc(Sc2ccc(F)cc2)c(F)c1. The van der Waals surface area contributed by atoms with Crippen molar-refractivity contribution in [2.24, 2.45) is 5.73 Å². The molecule has 0 bridgehead atoms. The van der Waals surface area contributed by atoms with Gasteiger partial charge in [0.15, 0.2) is 0 Å². The predicted octanol–water partition coefficient (Wildman–Crippen LogP) is 3.62. The third-order valence-corrected chi connectivity index (χ3v) is 3.53. The third-order valence-electron chi connectivity index (χ3n) is 2.47. The van der Waals surface area contributed by atoms with Gasteiger partial charge in [-0.25, -0.2) is 8.78 Å². The molecule has 4 heteroatoms. The summed E-state index contributed by atoms with van der Waals surface area (Å²) in [4.78, 5) is 1.34. The monoisotopic (exact) mass is 265 g/mol. The summed E-state index contributed by atoms with van der Waals surface area (Å²) < 4.78 is 26.5. The molecule has 0 saturated carbocycles. The van der Waals surface area contributed by atoms with E-state index < -0.39 is 0 Å². The van der Waals surface area contributed by atoms with Crippen LogP contribution in [0.15, 0.2) is 52.3 Å². The van der Waals surface area contributed by atoms with Gasteiger partial charge in [0.2, 0.25) is 0 Å². The lowest BCUT2D eigenvalue weighted by atomic mass is 10.1. The second-order valence-corrected chi connectivity index (χ2v) is 4.97. The van der Waals surface area contributed by atoms with Gasteiger partial charge < -0.3 is 5.73 Å². The van der Waals surface area contributed by atoms with Crippen molar-refractivity contribution < 1.29 is 8.78 Å². The zero-order chi connectivity index (χ0) is 13.0. The highest BCUT2D eigenvalue weighted by Gasteiger charge is 2.05. The second-order valence-electron chi connectivity index (χ2n) is 3.86. The van der Waals surface area contributed by atoms with Gasteiger partial charge in [0.05, 0.1) is 0 Å². The van der Waals surface area contributed by atoms with Crippen molar-refractivity contribution in [1.82, 2.24) is 0 Å². The summed E-state index contributed by atoms with van der Waals surface area (Å²) in [6, 6.07) is 11.1. The standard InChI is InChI=1S/C14H13F2NS/c15-11-2-4-12(5-3-11)18-14-6-1-10(7-8-17)9-13(14)16/h1-6,9H,7-8,17H2. The molecule has 0 aromatic heterocycles. The molecule has 0 unspecified atom stereocenters. The summed E-state index contributed by atoms with van der Waals surface area (Å²) in [7, 11) is 0. The van der Waals surface area contributed by atoms with Crippen LogP contribution in [0.25, 0.3) is 0 Å². The fraction of sp³-hybridized carbons (Fsp3) is 0.143. The van der Waals surface area contributed by atoms with E-state index in [-0.39, 0.29) is 11.6 Å². The topological polar surface area (TPSA) is 26.0 Å². The highest BCUT2D eigenvalue weighted by Crippen LogP contribution is 2.30. The molecule has 0 amide bonds. The first-order valence-electron chi connectivity index (χ1n) is 5.61. The molecule has 0 spiro atoms. The lowest BCUT2D eigenvalue weighted by molar-refractivity contribution is 0.599. The summed E-state index contributed by atoms with van der Waals surface area (Å²) >= 11 is 1.28. The molecular formula is C14H13F2NS. The smallest absolute Gasteiger partial charge is 0.137 e. The number of rotatable bonds is 4. The van der Waals surface area contributed by atoms with Crippen molar-refractivity contribution in [3.8, 4) is 0 Å². The highest BCUT2D eigenvalue weighted by atomic mass is 32.2. The van der Waals surface area contributed by atoms with Gasteiger partial charge in [-0.1, -0.05) is 17.8 Å². The first-order chi connectivity index (χ1) is 8.69. The maximum Gasteiger partial charge on any atom is 0.137 e. The van der Waals surface area contributed by atoms with Gasteiger partial charge in [0, 0.05) is 9.79 Å². The van der Waals surface area contributed by atoms with Crippen molar-refractivity contribution in [1.29, 1.82) is 0 Å². The van der Waals surface area contributed by atoms with Gasteiger partial charge in [0.25, 0.3) is 0 Å². The van der Waals surface area contributed by atoms with E-state index >= 15 is 0 Å². The molecular weight excluding hydrogens is 252 g/mol. The van der Waals surface area contributed by atoms with E-state index in [4.69, 9.17) is 5.73 Å². The van der Waals surface area contributed by atoms with Crippen molar-refractivity contribution >= 4 is 11.8 Å². The van der Waals surface area contributed by atoms with Crippen molar-refractivity contribution in [3.63, 3.8) is 0 Å². The van der Waals surface area contributed by atoms with E-state index in [1.54, 1.807) is 18.2 Å². The molecule has 0 radical (unpaired) electrons. The van der Waals surface area contributed by atoms with Gasteiger partial charge in [-0.3, -0.25) is 0 Å². The van der Waals surface area contributed by atoms with E-state index in [9.17, 15) is 8.78 Å². The second kappa shape index (κ2) is 5.98. The Hall–Kier alpha value is -1.39. The Morgan fingerprint density at radius 2 is 1.72 bits per heavy atom. The van der Waals surface area contributed by atoms with Crippen LogP contribution in [0.4, 0.5) is 8.78 Å². The van der Waals surface area contributed by atoms with Crippen LogP contribution in [0.5, 0.6) is 0 Å². The largest absolute Gasteiger partial charge is 0.330 e. The van der Waals surface area contributed by atoms with Crippen molar-refractivity contribution in [2.75, 3.05) is 6.54 Å². The van der Waals surface area contributed by atoms with Gasteiger partial charge >= 0.3 is 0 Å². The van der Waals surface area contributed by atoms with E-state index in [2.05, 4.69) is 0 Å². The van der Waals surface area contributed by atoms with Gasteiger partial charge in [-0.15, -0.1) is 0 Å². The molecule has 2 aromatic rings. The third kappa shape index (κ3) is 3.31. The van der Waals surface area contributed by atoms with Crippen LogP contribution in [0.3, 0.4) is 0 Å². The summed E-state index contributed by atoms with van der Waals surface area (Å²) in [5.41, 5.74) is 6.31. The Labute approximate surface area is 109 Å². The first-order valence-corrected chi connectivity index (χ1v) is 6.42. The molecule has 0 aliphatic rings. The normalized spacial score (nSPS) is 10.6. The minimum Gasteiger partial charge on any atom is -0.330 e. The number of benzene rings is 2. The summed E-state index contributed by atoms with van der Waals surface area (Å²) in [6.45, 7) is 0.504. The van der Waals surface area contributed by atoms with Gasteiger partial charge in [-0.05, 0) is 54.9 Å². The van der Waals surface area contributed by atoms with Gasteiger partial charge in [-0.2, -0.15) is 0 Å². The summed E-state index contributed by atoms with van der Waals surface area (Å²) in [5.74, 6) is -0.562. The Morgan fingerprint density at radius 3 is 2.33 bits per heavy atom. The molecule has 2 aromatic carbocycles. The number of hydrogen-bond donors (Lipinski definition) is 1. The number of nitrogens with two attached hydrogens (primary N) is 1. The molecule has 0 fully saturated rings. The van der Waals surface area contributed by atoms with Crippen LogP contribution >= 0.6 is 11.8 Å². The van der Waals surface area contributed by atoms with Crippen LogP contribution in [0, 0.1) is 11.6 Å². The minimum atomic E-state index is -0.293.